The molecule has 0 N–H and O–H groups in total. The summed E-state index contributed by atoms with van der Waals surface area (Å²) in [4.78, 5) is 17.0. The van der Waals surface area contributed by atoms with Crippen molar-refractivity contribution < 1.29 is 17.9 Å². The Bertz CT molecular complexity index is 793. The van der Waals surface area contributed by atoms with Gasteiger partial charge in [0.25, 0.3) is 5.91 Å². The van der Waals surface area contributed by atoms with Gasteiger partial charge in [0.15, 0.2) is 0 Å². The predicted molar refractivity (Wildman–Crippen MR) is 103 cm³/mol. The van der Waals surface area contributed by atoms with Gasteiger partial charge in [0, 0.05) is 44.8 Å². The Labute approximate surface area is 160 Å². The number of hydrogen-bond donors (Lipinski definition) is 0. The highest BCUT2D eigenvalue weighted by Crippen LogP contribution is 2.33. The molecule has 1 aromatic rings. The van der Waals surface area contributed by atoms with E-state index in [1.807, 2.05) is 6.07 Å². The monoisotopic (exact) mass is 393 g/mol. The Balaban J connectivity index is 1.71. The SMILES string of the molecule is O=C(c1ccc(N2CCCC2)c(S(=O)(=O)N2CCCC2)c1)N1CCOCC1. The van der Waals surface area contributed by atoms with E-state index in [1.165, 1.54) is 0 Å². The zero-order valence-corrected chi connectivity index (χ0v) is 16.4. The largest absolute Gasteiger partial charge is 0.378 e. The average Bonchev–Trinajstić information content (AvgIpc) is 3.41. The summed E-state index contributed by atoms with van der Waals surface area (Å²) in [5.41, 5.74) is 1.18. The van der Waals surface area contributed by atoms with Crippen LogP contribution in [0.25, 0.3) is 0 Å². The van der Waals surface area contributed by atoms with Crippen LogP contribution in [-0.2, 0) is 14.8 Å². The highest BCUT2D eigenvalue weighted by atomic mass is 32.2. The van der Waals surface area contributed by atoms with Crippen LogP contribution in [0.5, 0.6) is 0 Å². The minimum atomic E-state index is -3.60. The normalized spacial score (nSPS) is 21.8. The molecule has 0 unspecified atom stereocenters. The molecular formula is C19H27N3O4S. The molecule has 0 bridgehead atoms. The molecule has 148 valence electrons. The molecule has 27 heavy (non-hydrogen) atoms. The maximum atomic E-state index is 13.3. The summed E-state index contributed by atoms with van der Waals surface area (Å²) in [5.74, 6) is -0.121. The molecule has 3 aliphatic heterocycles. The zero-order chi connectivity index (χ0) is 18.9. The Morgan fingerprint density at radius 3 is 2.19 bits per heavy atom. The Kier molecular flexibility index (Phi) is 5.39. The number of amides is 1. The number of carbonyl (C=O) groups is 1. The lowest BCUT2D eigenvalue weighted by Gasteiger charge is -2.28. The fourth-order valence-electron chi connectivity index (χ4n) is 4.09. The van der Waals surface area contributed by atoms with Gasteiger partial charge in [-0.1, -0.05) is 0 Å². The van der Waals surface area contributed by atoms with Crippen molar-refractivity contribution >= 4 is 21.6 Å². The van der Waals surface area contributed by atoms with Gasteiger partial charge in [-0.25, -0.2) is 8.42 Å². The number of carbonyl (C=O) groups excluding carboxylic acids is 1. The van der Waals surface area contributed by atoms with Gasteiger partial charge in [0.05, 0.1) is 18.9 Å². The minimum Gasteiger partial charge on any atom is -0.378 e. The molecule has 0 aliphatic carbocycles. The topological polar surface area (TPSA) is 70.2 Å². The summed E-state index contributed by atoms with van der Waals surface area (Å²) in [6, 6.07) is 5.19. The van der Waals surface area contributed by atoms with Crippen molar-refractivity contribution in [3.8, 4) is 0 Å². The van der Waals surface area contributed by atoms with Crippen molar-refractivity contribution in [3.63, 3.8) is 0 Å². The number of ether oxygens (including phenoxy) is 1. The van der Waals surface area contributed by atoms with Crippen LogP contribution < -0.4 is 4.90 Å². The van der Waals surface area contributed by atoms with Crippen molar-refractivity contribution in [1.82, 2.24) is 9.21 Å². The van der Waals surface area contributed by atoms with E-state index < -0.39 is 10.0 Å². The summed E-state index contributed by atoms with van der Waals surface area (Å²) in [6.45, 7) is 4.97. The third-order valence-corrected chi connectivity index (χ3v) is 7.56. The molecule has 3 heterocycles. The van der Waals surface area contributed by atoms with Gasteiger partial charge in [0.1, 0.15) is 4.90 Å². The third-order valence-electron chi connectivity index (χ3n) is 5.63. The second-order valence-electron chi connectivity index (χ2n) is 7.39. The lowest BCUT2D eigenvalue weighted by molar-refractivity contribution is 0.0302. The molecule has 7 nitrogen and oxygen atoms in total. The maximum absolute atomic E-state index is 13.3. The number of anilines is 1. The van der Waals surface area contributed by atoms with Crippen LogP contribution in [-0.4, -0.2) is 76.0 Å². The molecule has 0 atom stereocenters. The van der Waals surface area contributed by atoms with E-state index in [1.54, 1.807) is 21.3 Å². The number of rotatable bonds is 4. The Morgan fingerprint density at radius 2 is 1.52 bits per heavy atom. The number of benzene rings is 1. The van der Waals surface area contributed by atoms with E-state index in [-0.39, 0.29) is 10.8 Å². The summed E-state index contributed by atoms with van der Waals surface area (Å²) < 4.78 is 33.5. The molecule has 3 saturated heterocycles. The molecule has 0 aromatic heterocycles. The highest BCUT2D eigenvalue weighted by molar-refractivity contribution is 7.89. The summed E-state index contributed by atoms with van der Waals surface area (Å²) >= 11 is 0. The molecule has 8 heteroatoms. The van der Waals surface area contributed by atoms with Gasteiger partial charge in [-0.2, -0.15) is 4.31 Å². The second-order valence-corrected chi connectivity index (χ2v) is 9.30. The molecule has 1 aromatic carbocycles. The molecule has 1 amide bonds. The molecule has 0 saturated carbocycles. The van der Waals surface area contributed by atoms with Crippen LogP contribution >= 0.6 is 0 Å². The van der Waals surface area contributed by atoms with Gasteiger partial charge in [-0.05, 0) is 43.9 Å². The third kappa shape index (κ3) is 3.70. The van der Waals surface area contributed by atoms with Crippen LogP contribution in [0.4, 0.5) is 5.69 Å². The van der Waals surface area contributed by atoms with E-state index in [0.29, 0.717) is 45.0 Å². The number of hydrogen-bond acceptors (Lipinski definition) is 5. The van der Waals surface area contributed by atoms with Crippen molar-refractivity contribution in [1.29, 1.82) is 0 Å². The van der Waals surface area contributed by atoms with Crippen LogP contribution in [0.15, 0.2) is 23.1 Å². The standard InChI is InChI=1S/C19H27N3O4S/c23-19(21-11-13-26-14-12-21)16-5-6-17(20-7-1-2-8-20)18(15-16)27(24,25)22-9-3-4-10-22/h5-6,15H,1-4,7-14H2. The molecule has 3 fully saturated rings. The van der Waals surface area contributed by atoms with Crippen LogP contribution in [0.1, 0.15) is 36.0 Å². The predicted octanol–water partition coefficient (Wildman–Crippen LogP) is 1.54. The van der Waals surface area contributed by atoms with Gasteiger partial charge in [-0.3, -0.25) is 4.79 Å². The smallest absolute Gasteiger partial charge is 0.254 e. The van der Waals surface area contributed by atoms with Gasteiger partial charge in [0.2, 0.25) is 10.0 Å². The minimum absolute atomic E-state index is 0.121. The summed E-state index contributed by atoms with van der Waals surface area (Å²) in [5, 5.41) is 0. The van der Waals surface area contributed by atoms with Crippen molar-refractivity contribution in [2.24, 2.45) is 0 Å². The first kappa shape index (κ1) is 18.7. The van der Waals surface area contributed by atoms with E-state index in [9.17, 15) is 13.2 Å². The Morgan fingerprint density at radius 1 is 0.889 bits per heavy atom. The lowest BCUT2D eigenvalue weighted by Crippen LogP contribution is -2.40. The number of morpholine rings is 1. The average molecular weight is 394 g/mol. The zero-order valence-electron chi connectivity index (χ0n) is 15.6. The quantitative estimate of drug-likeness (QED) is 0.776. The Hall–Kier alpha value is -1.64. The van der Waals surface area contributed by atoms with Crippen molar-refractivity contribution in [2.75, 3.05) is 57.4 Å². The fraction of sp³-hybridized carbons (Fsp3) is 0.632. The van der Waals surface area contributed by atoms with Crippen LogP contribution in [0, 0.1) is 0 Å². The van der Waals surface area contributed by atoms with Gasteiger partial charge >= 0.3 is 0 Å². The number of sulfonamides is 1. The van der Waals surface area contributed by atoms with E-state index in [4.69, 9.17) is 4.74 Å². The molecular weight excluding hydrogens is 366 g/mol. The van der Waals surface area contributed by atoms with E-state index in [2.05, 4.69) is 4.90 Å². The molecule has 4 rings (SSSR count). The number of nitrogens with zero attached hydrogens (tertiary/aromatic N) is 3. The van der Waals surface area contributed by atoms with E-state index >= 15 is 0 Å². The second kappa shape index (κ2) is 7.77. The first-order valence-electron chi connectivity index (χ1n) is 9.83. The molecule has 0 radical (unpaired) electrons. The maximum Gasteiger partial charge on any atom is 0.254 e. The molecule has 0 spiro atoms. The first-order chi connectivity index (χ1) is 13.1. The lowest BCUT2D eigenvalue weighted by atomic mass is 10.1. The summed E-state index contributed by atoms with van der Waals surface area (Å²) in [7, 11) is -3.60. The molecule has 3 aliphatic rings. The van der Waals surface area contributed by atoms with Crippen molar-refractivity contribution in [2.45, 2.75) is 30.6 Å². The highest BCUT2D eigenvalue weighted by Gasteiger charge is 2.32. The van der Waals surface area contributed by atoms with Gasteiger partial charge in [-0.15, -0.1) is 0 Å². The fourth-order valence-corrected chi connectivity index (χ4v) is 5.84. The van der Waals surface area contributed by atoms with Crippen LogP contribution in [0.3, 0.4) is 0 Å². The first-order valence-corrected chi connectivity index (χ1v) is 11.3. The van der Waals surface area contributed by atoms with Gasteiger partial charge < -0.3 is 14.5 Å². The van der Waals surface area contributed by atoms with Crippen molar-refractivity contribution in [3.05, 3.63) is 23.8 Å². The van der Waals surface area contributed by atoms with Crippen LogP contribution in [0.2, 0.25) is 0 Å². The van der Waals surface area contributed by atoms with E-state index in [0.717, 1.165) is 44.5 Å². The summed E-state index contributed by atoms with van der Waals surface area (Å²) in [6.07, 6.45) is 3.92.